The lowest BCUT2D eigenvalue weighted by Gasteiger charge is -2.43. The lowest BCUT2D eigenvalue weighted by Crippen LogP contribution is -2.62. The van der Waals surface area contributed by atoms with E-state index in [1.165, 1.54) is 12.3 Å². The van der Waals surface area contributed by atoms with Crippen LogP contribution in [0.3, 0.4) is 0 Å². The van der Waals surface area contributed by atoms with Gasteiger partial charge in [-0.25, -0.2) is 0 Å². The van der Waals surface area contributed by atoms with E-state index in [2.05, 4.69) is 10.3 Å². The molecule has 3 rings (SSSR count). The number of H-pyrrole nitrogens is 1. The summed E-state index contributed by atoms with van der Waals surface area (Å²) in [7, 11) is 0. The predicted octanol–water partition coefficient (Wildman–Crippen LogP) is 0.770. The largest absolute Gasteiger partial charge is 0.356 e. The smallest absolute Gasteiger partial charge is 0.271 e. The van der Waals surface area contributed by atoms with Crippen LogP contribution in [0.2, 0.25) is 0 Å². The first-order valence-electron chi connectivity index (χ1n) is 6.88. The number of hydrogen-bond acceptors (Lipinski definition) is 3. The standard InChI is InChI=1S/C14H16N4O2/c15-6-9-5-11(16-7-9)14(20)18-8-13(19)17-10-3-1-2-4-12(10)18/h5,7,10,12,16H,1-4,8H2,(H,17,19)/t10-,12+/m0/s1. The molecule has 0 unspecified atom stereocenters. The first-order chi connectivity index (χ1) is 9.69. The van der Waals surface area contributed by atoms with Gasteiger partial charge < -0.3 is 15.2 Å². The highest BCUT2D eigenvalue weighted by Gasteiger charge is 2.39. The summed E-state index contributed by atoms with van der Waals surface area (Å²) >= 11 is 0. The second kappa shape index (κ2) is 5.00. The van der Waals surface area contributed by atoms with Crippen molar-refractivity contribution < 1.29 is 9.59 Å². The summed E-state index contributed by atoms with van der Waals surface area (Å²) in [6.07, 6.45) is 5.52. The van der Waals surface area contributed by atoms with Crippen molar-refractivity contribution in [1.82, 2.24) is 15.2 Å². The van der Waals surface area contributed by atoms with E-state index in [0.717, 1.165) is 25.7 Å². The highest BCUT2D eigenvalue weighted by Crippen LogP contribution is 2.26. The van der Waals surface area contributed by atoms with Crippen LogP contribution in [0.5, 0.6) is 0 Å². The average molecular weight is 272 g/mol. The maximum Gasteiger partial charge on any atom is 0.271 e. The Hall–Kier alpha value is -2.29. The minimum absolute atomic E-state index is 0.0688. The number of fused-ring (bicyclic) bond motifs is 1. The second-order valence-electron chi connectivity index (χ2n) is 5.37. The Morgan fingerprint density at radius 2 is 2.20 bits per heavy atom. The topological polar surface area (TPSA) is 89.0 Å². The summed E-state index contributed by atoms with van der Waals surface area (Å²) < 4.78 is 0. The van der Waals surface area contributed by atoms with Crippen molar-refractivity contribution >= 4 is 11.8 Å². The highest BCUT2D eigenvalue weighted by molar-refractivity contribution is 5.96. The quantitative estimate of drug-likeness (QED) is 0.791. The fourth-order valence-corrected chi connectivity index (χ4v) is 3.14. The summed E-state index contributed by atoms with van der Waals surface area (Å²) in [6, 6.07) is 3.66. The third-order valence-corrected chi connectivity index (χ3v) is 4.09. The molecule has 2 aliphatic rings. The van der Waals surface area contributed by atoms with Crippen LogP contribution >= 0.6 is 0 Å². The Bertz CT molecular complexity index is 586. The zero-order valence-electron chi connectivity index (χ0n) is 11.1. The fraction of sp³-hybridized carbons (Fsp3) is 0.500. The Balaban J connectivity index is 1.84. The van der Waals surface area contributed by atoms with E-state index < -0.39 is 0 Å². The van der Waals surface area contributed by atoms with E-state index in [9.17, 15) is 9.59 Å². The summed E-state index contributed by atoms with van der Waals surface area (Å²) in [5, 5.41) is 11.8. The van der Waals surface area contributed by atoms with E-state index >= 15 is 0 Å². The molecule has 6 nitrogen and oxygen atoms in total. The Morgan fingerprint density at radius 1 is 1.40 bits per heavy atom. The van der Waals surface area contributed by atoms with Gasteiger partial charge in [0.05, 0.1) is 11.6 Å². The second-order valence-corrected chi connectivity index (χ2v) is 5.37. The summed E-state index contributed by atoms with van der Waals surface area (Å²) in [4.78, 5) is 28.8. The summed E-state index contributed by atoms with van der Waals surface area (Å²) in [5.74, 6) is -0.299. The highest BCUT2D eigenvalue weighted by atomic mass is 16.2. The van der Waals surface area contributed by atoms with Crippen molar-refractivity contribution in [3.05, 3.63) is 23.5 Å². The normalized spacial score (nSPS) is 25.6. The van der Waals surface area contributed by atoms with Gasteiger partial charge in [-0.05, 0) is 18.9 Å². The number of nitrogens with one attached hydrogen (secondary N) is 2. The number of aromatic nitrogens is 1. The number of amides is 2. The number of piperazine rings is 1. The molecule has 2 N–H and O–H groups in total. The lowest BCUT2D eigenvalue weighted by atomic mass is 9.87. The molecule has 2 atom stereocenters. The maximum absolute atomic E-state index is 12.5. The van der Waals surface area contributed by atoms with Crippen LogP contribution in [-0.4, -0.2) is 40.3 Å². The molecule has 0 bridgehead atoms. The number of hydrogen-bond donors (Lipinski definition) is 2. The zero-order chi connectivity index (χ0) is 14.1. The van der Waals surface area contributed by atoms with Crippen LogP contribution < -0.4 is 5.32 Å². The van der Waals surface area contributed by atoms with Crippen molar-refractivity contribution in [2.45, 2.75) is 37.8 Å². The predicted molar refractivity (Wildman–Crippen MR) is 70.7 cm³/mol. The SMILES string of the molecule is N#Cc1c[nH]c(C(=O)N2CC(=O)N[C@H]3CCCC[C@H]32)c1. The molecule has 20 heavy (non-hydrogen) atoms. The van der Waals surface area contributed by atoms with Gasteiger partial charge in [0.25, 0.3) is 5.91 Å². The van der Waals surface area contributed by atoms with Gasteiger partial charge in [-0.3, -0.25) is 9.59 Å². The monoisotopic (exact) mass is 272 g/mol. The van der Waals surface area contributed by atoms with Crippen molar-refractivity contribution in [3.8, 4) is 6.07 Å². The molecule has 1 aromatic heterocycles. The van der Waals surface area contributed by atoms with Gasteiger partial charge in [-0.1, -0.05) is 12.8 Å². The number of nitrogens with zero attached hydrogens (tertiary/aromatic N) is 2. The minimum atomic E-state index is -0.196. The number of nitriles is 1. The van der Waals surface area contributed by atoms with Crippen molar-refractivity contribution in [2.75, 3.05) is 6.54 Å². The Kier molecular flexibility index (Phi) is 3.18. The molecule has 0 radical (unpaired) electrons. The van der Waals surface area contributed by atoms with E-state index in [0.29, 0.717) is 11.3 Å². The minimum Gasteiger partial charge on any atom is -0.356 e. The molecule has 1 aliphatic heterocycles. The fourth-order valence-electron chi connectivity index (χ4n) is 3.14. The molecule has 2 amide bonds. The van der Waals surface area contributed by atoms with Crippen molar-refractivity contribution in [2.24, 2.45) is 0 Å². The third kappa shape index (κ3) is 2.16. The van der Waals surface area contributed by atoms with Crippen LogP contribution in [0.15, 0.2) is 12.3 Å². The van der Waals surface area contributed by atoms with E-state index in [1.807, 2.05) is 6.07 Å². The molecule has 1 saturated carbocycles. The molecule has 2 fully saturated rings. The molecule has 6 heteroatoms. The Morgan fingerprint density at radius 3 is 2.95 bits per heavy atom. The van der Waals surface area contributed by atoms with Crippen molar-refractivity contribution in [1.29, 1.82) is 5.26 Å². The Labute approximate surface area is 116 Å². The summed E-state index contributed by atoms with van der Waals surface area (Å²) in [5.41, 5.74) is 0.801. The van der Waals surface area contributed by atoms with Gasteiger partial charge in [-0.2, -0.15) is 5.26 Å². The molecule has 1 aromatic rings. The number of carbonyl (C=O) groups is 2. The van der Waals surface area contributed by atoms with Gasteiger partial charge in [-0.15, -0.1) is 0 Å². The van der Waals surface area contributed by atoms with Crippen LogP contribution in [0.25, 0.3) is 0 Å². The van der Waals surface area contributed by atoms with Crippen LogP contribution in [0, 0.1) is 11.3 Å². The molecule has 1 aliphatic carbocycles. The molecule has 0 aromatic carbocycles. The lowest BCUT2D eigenvalue weighted by molar-refractivity contribution is -0.127. The molecular formula is C14H16N4O2. The maximum atomic E-state index is 12.5. The zero-order valence-corrected chi connectivity index (χ0v) is 11.1. The number of carbonyl (C=O) groups excluding carboxylic acids is 2. The van der Waals surface area contributed by atoms with Gasteiger partial charge in [0.1, 0.15) is 18.3 Å². The molecule has 1 saturated heterocycles. The molecular weight excluding hydrogens is 256 g/mol. The van der Waals surface area contributed by atoms with Crippen LogP contribution in [0.1, 0.15) is 41.7 Å². The van der Waals surface area contributed by atoms with Crippen LogP contribution in [0.4, 0.5) is 0 Å². The van der Waals surface area contributed by atoms with E-state index in [-0.39, 0.29) is 30.4 Å². The molecule has 104 valence electrons. The third-order valence-electron chi connectivity index (χ3n) is 4.09. The van der Waals surface area contributed by atoms with E-state index in [1.54, 1.807) is 4.90 Å². The average Bonchev–Trinajstić information content (AvgIpc) is 2.94. The molecule has 2 heterocycles. The van der Waals surface area contributed by atoms with Crippen molar-refractivity contribution in [3.63, 3.8) is 0 Å². The van der Waals surface area contributed by atoms with E-state index in [4.69, 9.17) is 5.26 Å². The molecule has 0 spiro atoms. The van der Waals surface area contributed by atoms with Gasteiger partial charge in [0, 0.05) is 12.2 Å². The first-order valence-corrected chi connectivity index (χ1v) is 6.88. The summed E-state index contributed by atoms with van der Waals surface area (Å²) in [6.45, 7) is 0.0981. The number of rotatable bonds is 1. The first kappa shape index (κ1) is 12.7. The van der Waals surface area contributed by atoms with Gasteiger partial charge in [0.2, 0.25) is 5.91 Å². The van der Waals surface area contributed by atoms with Gasteiger partial charge >= 0.3 is 0 Å². The van der Waals surface area contributed by atoms with Gasteiger partial charge in [0.15, 0.2) is 0 Å². The van der Waals surface area contributed by atoms with Crippen LogP contribution in [-0.2, 0) is 4.79 Å². The number of aromatic amines is 1.